The Kier molecular flexibility index (Phi) is 5.47. The van der Waals surface area contributed by atoms with Gasteiger partial charge in [-0.1, -0.05) is 24.1 Å². The van der Waals surface area contributed by atoms with Gasteiger partial charge in [-0.05, 0) is 30.7 Å². The van der Waals surface area contributed by atoms with Gasteiger partial charge in [-0.3, -0.25) is 9.59 Å². The summed E-state index contributed by atoms with van der Waals surface area (Å²) in [6.07, 6.45) is 2.51. The summed E-state index contributed by atoms with van der Waals surface area (Å²) in [5.41, 5.74) is 1.51. The van der Waals surface area contributed by atoms with Crippen LogP contribution in [0.4, 0.5) is 5.69 Å². The fraction of sp³-hybridized carbons (Fsp3) is 0.381. The van der Waals surface area contributed by atoms with Gasteiger partial charge in [0.15, 0.2) is 0 Å². The van der Waals surface area contributed by atoms with Crippen molar-refractivity contribution >= 4 is 22.5 Å². The Bertz CT molecular complexity index is 1030. The number of aryl methyl sites for hydroxylation is 1. The number of hydrogen-bond acceptors (Lipinski definition) is 4. The quantitative estimate of drug-likeness (QED) is 0.826. The molecule has 0 spiro atoms. The molecule has 1 amide bonds. The van der Waals surface area contributed by atoms with E-state index >= 15 is 0 Å². The first kappa shape index (κ1) is 18.5. The second-order valence-electron chi connectivity index (χ2n) is 6.73. The van der Waals surface area contributed by atoms with Crippen LogP contribution in [0.2, 0.25) is 0 Å². The predicted molar refractivity (Wildman–Crippen MR) is 105 cm³/mol. The van der Waals surface area contributed by atoms with Gasteiger partial charge >= 0.3 is 0 Å². The van der Waals surface area contributed by atoms with Gasteiger partial charge < -0.3 is 14.8 Å². The zero-order valence-electron chi connectivity index (χ0n) is 15.6. The molecule has 2 aromatic rings. The summed E-state index contributed by atoms with van der Waals surface area (Å²) in [5, 5.41) is 13.0. The first-order chi connectivity index (χ1) is 13.1. The molecule has 3 rings (SSSR count). The fourth-order valence-electron chi connectivity index (χ4n) is 3.61. The van der Waals surface area contributed by atoms with Crippen molar-refractivity contribution in [2.45, 2.75) is 19.3 Å². The highest BCUT2D eigenvalue weighted by Crippen LogP contribution is 2.32. The van der Waals surface area contributed by atoms with E-state index in [9.17, 15) is 14.9 Å². The Morgan fingerprint density at radius 2 is 2.00 bits per heavy atom. The molecule has 1 saturated heterocycles. The normalized spacial score (nSPS) is 14.3. The van der Waals surface area contributed by atoms with Gasteiger partial charge in [0.2, 0.25) is 0 Å². The molecule has 1 aromatic carbocycles. The van der Waals surface area contributed by atoms with Gasteiger partial charge in [0.1, 0.15) is 11.6 Å². The van der Waals surface area contributed by atoms with Crippen molar-refractivity contribution in [1.29, 1.82) is 5.26 Å². The highest BCUT2D eigenvalue weighted by molar-refractivity contribution is 5.95. The maximum atomic E-state index is 12.6. The van der Waals surface area contributed by atoms with E-state index in [0.717, 1.165) is 42.5 Å². The molecule has 0 unspecified atom stereocenters. The van der Waals surface area contributed by atoms with Crippen molar-refractivity contribution in [1.82, 2.24) is 9.88 Å². The number of nitriles is 1. The summed E-state index contributed by atoms with van der Waals surface area (Å²) >= 11 is 0. The molecule has 138 valence electrons. The summed E-state index contributed by atoms with van der Waals surface area (Å²) < 4.78 is 1.54. The number of piperidine rings is 1. The van der Waals surface area contributed by atoms with Crippen molar-refractivity contribution in [2.75, 3.05) is 25.0 Å². The Balaban J connectivity index is 1.86. The van der Waals surface area contributed by atoms with Crippen molar-refractivity contribution in [3.8, 4) is 17.9 Å². The van der Waals surface area contributed by atoms with Gasteiger partial charge in [0, 0.05) is 39.0 Å². The van der Waals surface area contributed by atoms with Crippen LogP contribution in [0.3, 0.4) is 0 Å². The van der Waals surface area contributed by atoms with Crippen LogP contribution in [-0.2, 0) is 11.8 Å². The first-order valence-corrected chi connectivity index (χ1v) is 9.04. The van der Waals surface area contributed by atoms with Gasteiger partial charge in [-0.15, -0.1) is 0 Å². The van der Waals surface area contributed by atoms with E-state index in [0.29, 0.717) is 12.3 Å². The lowest BCUT2D eigenvalue weighted by molar-refractivity contribution is -0.115. The highest BCUT2D eigenvalue weighted by atomic mass is 16.1. The number of fused-ring (bicyclic) bond motifs is 1. The number of aromatic nitrogens is 1. The van der Waals surface area contributed by atoms with Crippen LogP contribution in [0.5, 0.6) is 0 Å². The second kappa shape index (κ2) is 7.97. The maximum absolute atomic E-state index is 12.6. The summed E-state index contributed by atoms with van der Waals surface area (Å²) in [4.78, 5) is 26.0. The molecule has 0 saturated carbocycles. The molecule has 1 aromatic heterocycles. The van der Waals surface area contributed by atoms with E-state index in [1.165, 1.54) is 0 Å². The van der Waals surface area contributed by atoms with E-state index in [4.69, 9.17) is 0 Å². The number of pyridine rings is 1. The van der Waals surface area contributed by atoms with E-state index in [2.05, 4.69) is 28.1 Å². The van der Waals surface area contributed by atoms with E-state index in [1.54, 1.807) is 18.7 Å². The molecule has 0 radical (unpaired) electrons. The summed E-state index contributed by atoms with van der Waals surface area (Å²) in [7, 11) is 3.27. The summed E-state index contributed by atoms with van der Waals surface area (Å²) in [5.74, 6) is 5.67. The lowest BCUT2D eigenvalue weighted by atomic mass is 9.92. The topological polar surface area (TPSA) is 78.1 Å². The number of rotatable bonds is 2. The number of para-hydroxylation sites is 1. The third-order valence-corrected chi connectivity index (χ3v) is 5.14. The van der Waals surface area contributed by atoms with Crippen LogP contribution in [0.1, 0.15) is 24.8 Å². The average Bonchev–Trinajstić information content (AvgIpc) is 2.71. The number of nitrogens with zero attached hydrogens (tertiary/aromatic N) is 3. The van der Waals surface area contributed by atoms with Crippen molar-refractivity contribution in [3.05, 3.63) is 40.2 Å². The minimum atomic E-state index is -0.266. The molecule has 6 heteroatoms. The molecule has 0 aliphatic carbocycles. The lowest BCUT2D eigenvalue weighted by Gasteiger charge is -2.34. The number of amides is 1. The standard InChI is InChI=1S/C21H22N4O2/c1-23-19(26)9-5-6-15-10-12-25(13-11-15)20-16-7-3-4-8-18(16)24(2)21(27)17(20)14-22/h3-4,7-8,15H,6,10-13H2,1-2H3,(H,23,26). The largest absolute Gasteiger partial charge is 0.370 e. The second-order valence-corrected chi connectivity index (χ2v) is 6.73. The van der Waals surface area contributed by atoms with Crippen LogP contribution in [0.15, 0.2) is 29.1 Å². The van der Waals surface area contributed by atoms with Gasteiger partial charge in [0.25, 0.3) is 11.5 Å². The van der Waals surface area contributed by atoms with Crippen LogP contribution in [-0.4, -0.2) is 30.6 Å². The van der Waals surface area contributed by atoms with Crippen LogP contribution in [0, 0.1) is 29.1 Å². The molecule has 0 bridgehead atoms. The van der Waals surface area contributed by atoms with Crippen molar-refractivity contribution in [3.63, 3.8) is 0 Å². The highest BCUT2D eigenvalue weighted by Gasteiger charge is 2.24. The molecule has 6 nitrogen and oxygen atoms in total. The molecule has 1 fully saturated rings. The average molecular weight is 362 g/mol. The zero-order chi connectivity index (χ0) is 19.4. The number of hydrogen-bond donors (Lipinski definition) is 1. The lowest BCUT2D eigenvalue weighted by Crippen LogP contribution is -2.36. The molecule has 1 N–H and O–H groups in total. The van der Waals surface area contributed by atoms with Gasteiger partial charge in [-0.2, -0.15) is 5.26 Å². The van der Waals surface area contributed by atoms with E-state index in [-0.39, 0.29) is 17.0 Å². The minimum absolute atomic E-state index is 0.203. The monoisotopic (exact) mass is 362 g/mol. The van der Waals surface area contributed by atoms with E-state index in [1.807, 2.05) is 24.3 Å². The van der Waals surface area contributed by atoms with Crippen molar-refractivity contribution < 1.29 is 4.79 Å². The zero-order valence-corrected chi connectivity index (χ0v) is 15.6. The van der Waals surface area contributed by atoms with Gasteiger partial charge in [-0.25, -0.2) is 0 Å². The third kappa shape index (κ3) is 3.66. The maximum Gasteiger partial charge on any atom is 0.295 e. The molecule has 1 aliphatic rings. The van der Waals surface area contributed by atoms with Crippen molar-refractivity contribution in [2.24, 2.45) is 13.0 Å². The Morgan fingerprint density at radius 3 is 2.67 bits per heavy atom. The Morgan fingerprint density at radius 1 is 1.30 bits per heavy atom. The number of benzene rings is 1. The number of nitrogens with one attached hydrogen (secondary N) is 1. The molecular weight excluding hydrogens is 340 g/mol. The van der Waals surface area contributed by atoms with Crippen LogP contribution >= 0.6 is 0 Å². The third-order valence-electron chi connectivity index (χ3n) is 5.14. The molecular formula is C21H22N4O2. The SMILES string of the molecule is CNC(=O)C#CCC1CCN(c2c(C#N)c(=O)n(C)c3ccccc23)CC1. The number of carbonyl (C=O) groups is 1. The van der Waals surface area contributed by atoms with Gasteiger partial charge in [0.05, 0.1) is 11.2 Å². The van der Waals surface area contributed by atoms with Crippen LogP contribution in [0.25, 0.3) is 10.9 Å². The Labute approximate surface area is 158 Å². The predicted octanol–water partition coefficient (Wildman–Crippen LogP) is 1.77. The summed E-state index contributed by atoms with van der Waals surface area (Å²) in [6, 6.07) is 9.81. The van der Waals surface area contributed by atoms with E-state index < -0.39 is 0 Å². The smallest absolute Gasteiger partial charge is 0.295 e. The molecule has 27 heavy (non-hydrogen) atoms. The molecule has 0 atom stereocenters. The summed E-state index contributed by atoms with van der Waals surface area (Å²) in [6.45, 7) is 1.52. The number of carbonyl (C=O) groups excluding carboxylic acids is 1. The number of anilines is 1. The minimum Gasteiger partial charge on any atom is -0.370 e. The first-order valence-electron chi connectivity index (χ1n) is 9.04. The Hall–Kier alpha value is -3.25. The van der Waals surface area contributed by atoms with Crippen LogP contribution < -0.4 is 15.8 Å². The fourth-order valence-corrected chi connectivity index (χ4v) is 3.61. The molecule has 2 heterocycles. The molecule has 1 aliphatic heterocycles.